The van der Waals surface area contributed by atoms with Crippen LogP contribution in [0.3, 0.4) is 0 Å². The fourth-order valence-corrected chi connectivity index (χ4v) is 3.99. The Balaban J connectivity index is 1.79. The first-order chi connectivity index (χ1) is 16.4. The molecule has 1 aliphatic rings. The van der Waals surface area contributed by atoms with Gasteiger partial charge in [0.15, 0.2) is 0 Å². The molecule has 0 aliphatic carbocycles. The predicted molar refractivity (Wildman–Crippen MR) is 133 cm³/mol. The van der Waals surface area contributed by atoms with Gasteiger partial charge in [-0.2, -0.15) is 0 Å². The predicted octanol–water partition coefficient (Wildman–Crippen LogP) is 5.21. The van der Waals surface area contributed by atoms with E-state index >= 15 is 0 Å². The molecule has 0 aromatic heterocycles. The number of nitrogens with zero attached hydrogens (tertiary/aromatic N) is 1. The molecule has 1 aliphatic heterocycles. The summed E-state index contributed by atoms with van der Waals surface area (Å²) in [5, 5.41) is 8.61. The fraction of sp³-hybridized carbons (Fsp3) is 0.346. The van der Waals surface area contributed by atoms with E-state index in [1.54, 1.807) is 43.0 Å². The number of allylic oxidation sites excluding steroid dienone is 1. The number of aryl methyl sites for hydroxylation is 1. The highest BCUT2D eigenvalue weighted by atomic mass is 16.5. The van der Waals surface area contributed by atoms with Gasteiger partial charge in [-0.25, -0.2) is 14.4 Å². The van der Waals surface area contributed by atoms with Crippen molar-refractivity contribution in [3.05, 3.63) is 70.9 Å². The number of carbonyl (C=O) groups excluding carboxylic acids is 3. The molecule has 0 fully saturated rings. The molecule has 8 nitrogen and oxygen atoms in total. The lowest BCUT2D eigenvalue weighted by atomic mass is 9.94. The second kappa shape index (κ2) is 11.4. The van der Waals surface area contributed by atoms with Crippen molar-refractivity contribution < 1.29 is 19.1 Å². The molecule has 0 saturated heterocycles. The highest BCUT2D eigenvalue weighted by Gasteiger charge is 2.36. The van der Waals surface area contributed by atoms with Gasteiger partial charge >= 0.3 is 18.0 Å². The lowest BCUT2D eigenvalue weighted by molar-refractivity contribution is -0.139. The van der Waals surface area contributed by atoms with Crippen molar-refractivity contribution in [2.45, 2.75) is 46.6 Å². The summed E-state index contributed by atoms with van der Waals surface area (Å²) in [5.74, 6) is -0.456. The summed E-state index contributed by atoms with van der Waals surface area (Å²) < 4.78 is 5.28. The molecule has 1 atom stereocenters. The lowest BCUT2D eigenvalue weighted by Crippen LogP contribution is -2.48. The summed E-state index contributed by atoms with van der Waals surface area (Å²) in [6.07, 6.45) is 1.57. The highest BCUT2D eigenvalue weighted by Crippen LogP contribution is 2.32. The fourth-order valence-electron chi connectivity index (χ4n) is 3.99. The number of anilines is 2. The van der Waals surface area contributed by atoms with Gasteiger partial charge in [0.1, 0.15) is 0 Å². The molecular weight excluding hydrogens is 432 g/mol. The molecule has 3 N–H and O–H groups in total. The number of ether oxygens (including phenoxy) is 1. The Bertz CT molecular complexity index is 1080. The number of nitrogens with one attached hydrogen (secondary N) is 3. The average Bonchev–Trinajstić information content (AvgIpc) is 2.82. The normalized spacial score (nSPS) is 15.6. The van der Waals surface area contributed by atoms with E-state index in [9.17, 15) is 14.4 Å². The number of para-hydroxylation sites is 1. The van der Waals surface area contributed by atoms with Crippen LogP contribution < -0.4 is 16.0 Å². The summed E-state index contributed by atoms with van der Waals surface area (Å²) in [4.78, 5) is 39.5. The Hall–Kier alpha value is -3.81. The monoisotopic (exact) mass is 464 g/mol. The molecule has 4 amide bonds. The van der Waals surface area contributed by atoms with Crippen molar-refractivity contribution in [2.24, 2.45) is 0 Å². The Labute approximate surface area is 200 Å². The zero-order valence-corrected chi connectivity index (χ0v) is 20.1. The Morgan fingerprint density at radius 1 is 1.03 bits per heavy atom. The van der Waals surface area contributed by atoms with Crippen LogP contribution in [-0.4, -0.2) is 36.1 Å². The molecule has 1 unspecified atom stereocenters. The molecule has 2 aromatic rings. The second-order valence-electron chi connectivity index (χ2n) is 7.97. The lowest BCUT2D eigenvalue weighted by Gasteiger charge is -2.35. The van der Waals surface area contributed by atoms with E-state index in [0.717, 1.165) is 24.1 Å². The van der Waals surface area contributed by atoms with Crippen molar-refractivity contribution in [3.63, 3.8) is 0 Å². The van der Waals surface area contributed by atoms with E-state index < -0.39 is 12.0 Å². The zero-order valence-electron chi connectivity index (χ0n) is 20.1. The molecule has 0 radical (unpaired) electrons. The van der Waals surface area contributed by atoms with Crippen molar-refractivity contribution in [1.29, 1.82) is 0 Å². The van der Waals surface area contributed by atoms with Crippen molar-refractivity contribution in [1.82, 2.24) is 10.2 Å². The minimum atomic E-state index is -0.640. The Morgan fingerprint density at radius 2 is 1.74 bits per heavy atom. The maximum Gasteiger partial charge on any atom is 0.338 e. The number of esters is 1. The van der Waals surface area contributed by atoms with Gasteiger partial charge in [0.05, 0.1) is 18.2 Å². The van der Waals surface area contributed by atoms with Crippen LogP contribution in [0.4, 0.5) is 21.0 Å². The van der Waals surface area contributed by atoms with Crippen LogP contribution in [0.2, 0.25) is 0 Å². The third-order valence-corrected chi connectivity index (χ3v) is 5.69. The van der Waals surface area contributed by atoms with E-state index in [1.807, 2.05) is 38.1 Å². The van der Waals surface area contributed by atoms with E-state index in [2.05, 4.69) is 16.0 Å². The molecule has 3 rings (SSSR count). The van der Waals surface area contributed by atoms with Gasteiger partial charge in [0.2, 0.25) is 0 Å². The van der Waals surface area contributed by atoms with E-state index in [1.165, 1.54) is 0 Å². The SMILES string of the molecule is CCCN1C(=O)NC(c2ccc(NC(=O)Nc3ccccc3CC)cc2)C(C(=O)OCC)=C1C. The zero-order chi connectivity index (χ0) is 24.7. The number of amides is 4. The standard InChI is InChI=1S/C26H32N4O4/c1-5-16-30-17(4)22(24(31)34-7-3)23(29-26(30)33)19-12-14-20(15-13-19)27-25(32)28-21-11-9-8-10-18(21)6-2/h8-15,23H,5-7,16H2,1-4H3,(H,29,33)(H2,27,28,32). The number of urea groups is 2. The van der Waals surface area contributed by atoms with Crippen LogP contribution in [0, 0.1) is 0 Å². The van der Waals surface area contributed by atoms with Gasteiger partial charge in [-0.3, -0.25) is 4.90 Å². The van der Waals surface area contributed by atoms with Crippen LogP contribution in [-0.2, 0) is 16.0 Å². The third-order valence-electron chi connectivity index (χ3n) is 5.69. The van der Waals surface area contributed by atoms with Gasteiger partial charge in [0, 0.05) is 23.6 Å². The minimum absolute atomic E-state index is 0.239. The van der Waals surface area contributed by atoms with Gasteiger partial charge in [0.25, 0.3) is 0 Å². The van der Waals surface area contributed by atoms with Crippen LogP contribution in [0.15, 0.2) is 59.8 Å². The molecule has 0 bridgehead atoms. The topological polar surface area (TPSA) is 99.8 Å². The summed E-state index contributed by atoms with van der Waals surface area (Å²) in [5.41, 5.74) is 4.11. The van der Waals surface area contributed by atoms with E-state index in [0.29, 0.717) is 29.1 Å². The molecule has 180 valence electrons. The second-order valence-corrected chi connectivity index (χ2v) is 7.97. The first-order valence-corrected chi connectivity index (χ1v) is 11.6. The van der Waals surface area contributed by atoms with Crippen LogP contribution in [0.5, 0.6) is 0 Å². The third kappa shape index (κ3) is 5.57. The number of benzene rings is 2. The van der Waals surface area contributed by atoms with Crippen molar-refractivity contribution in [2.75, 3.05) is 23.8 Å². The first-order valence-electron chi connectivity index (χ1n) is 11.6. The van der Waals surface area contributed by atoms with E-state index in [4.69, 9.17) is 4.74 Å². The molecule has 8 heteroatoms. The van der Waals surface area contributed by atoms with E-state index in [-0.39, 0.29) is 18.7 Å². The average molecular weight is 465 g/mol. The maximum atomic E-state index is 12.8. The molecule has 34 heavy (non-hydrogen) atoms. The van der Waals surface area contributed by atoms with Gasteiger partial charge in [-0.15, -0.1) is 0 Å². The maximum absolute atomic E-state index is 12.8. The highest BCUT2D eigenvalue weighted by molar-refractivity contribution is 6.00. The molecule has 1 heterocycles. The number of rotatable bonds is 8. The van der Waals surface area contributed by atoms with Gasteiger partial charge < -0.3 is 20.7 Å². The Morgan fingerprint density at radius 3 is 2.38 bits per heavy atom. The van der Waals surface area contributed by atoms with Crippen LogP contribution >= 0.6 is 0 Å². The van der Waals surface area contributed by atoms with Crippen LogP contribution in [0.25, 0.3) is 0 Å². The Kier molecular flexibility index (Phi) is 8.29. The summed E-state index contributed by atoms with van der Waals surface area (Å²) in [7, 11) is 0. The molecule has 0 spiro atoms. The molecule has 2 aromatic carbocycles. The number of hydrogen-bond acceptors (Lipinski definition) is 4. The summed E-state index contributed by atoms with van der Waals surface area (Å²) >= 11 is 0. The summed E-state index contributed by atoms with van der Waals surface area (Å²) in [6, 6.07) is 13.4. The first kappa shape index (κ1) is 24.8. The van der Waals surface area contributed by atoms with Crippen molar-refractivity contribution in [3.8, 4) is 0 Å². The molecule has 0 saturated carbocycles. The van der Waals surface area contributed by atoms with Gasteiger partial charge in [-0.1, -0.05) is 44.2 Å². The van der Waals surface area contributed by atoms with Crippen LogP contribution in [0.1, 0.15) is 51.3 Å². The quantitative estimate of drug-likeness (QED) is 0.467. The number of carbonyl (C=O) groups is 3. The van der Waals surface area contributed by atoms with Gasteiger partial charge in [-0.05, 0) is 56.0 Å². The summed E-state index contributed by atoms with van der Waals surface area (Å²) in [6.45, 7) is 8.26. The molecular formula is C26H32N4O4. The minimum Gasteiger partial charge on any atom is -0.463 e. The largest absolute Gasteiger partial charge is 0.463 e. The smallest absolute Gasteiger partial charge is 0.338 e. The van der Waals surface area contributed by atoms with Crippen molar-refractivity contribution >= 4 is 29.4 Å². The number of hydrogen-bond donors (Lipinski definition) is 3.